The van der Waals surface area contributed by atoms with Gasteiger partial charge in [-0.05, 0) is 6.42 Å². The van der Waals surface area contributed by atoms with Gasteiger partial charge in [-0.15, -0.1) is 0 Å². The van der Waals surface area contributed by atoms with Gasteiger partial charge >= 0.3 is 0 Å². The third kappa shape index (κ3) is 1.55. The molecule has 70 valence electrons. The Morgan fingerprint density at radius 2 is 2.62 bits per heavy atom. The molecule has 1 aromatic heterocycles. The van der Waals surface area contributed by atoms with Crippen molar-refractivity contribution < 1.29 is 9.90 Å². The highest BCUT2D eigenvalue weighted by molar-refractivity contribution is 5.93. The first-order valence-corrected chi connectivity index (χ1v) is 4.23. The summed E-state index contributed by atoms with van der Waals surface area (Å²) in [5.74, 6) is -0.0645. The van der Waals surface area contributed by atoms with E-state index < -0.39 is 0 Å². The number of carbonyl (C=O) groups excluding carboxylic acids is 1. The number of H-pyrrole nitrogens is 1. The number of aliphatic hydroxyl groups is 1. The van der Waals surface area contributed by atoms with Crippen LogP contribution in [0.3, 0.4) is 0 Å². The first kappa shape index (κ1) is 8.25. The van der Waals surface area contributed by atoms with Gasteiger partial charge in [-0.1, -0.05) is 0 Å². The van der Waals surface area contributed by atoms with Crippen LogP contribution in [0.5, 0.6) is 0 Å². The third-order valence-electron chi connectivity index (χ3n) is 2.20. The van der Waals surface area contributed by atoms with Crippen LogP contribution in [0.15, 0.2) is 12.4 Å². The number of nitrogens with zero attached hydrogens (tertiary/aromatic N) is 2. The zero-order chi connectivity index (χ0) is 9.26. The van der Waals surface area contributed by atoms with Crippen LogP contribution in [0, 0.1) is 0 Å². The minimum Gasteiger partial charge on any atom is -0.391 e. The molecule has 0 unspecified atom stereocenters. The topological polar surface area (TPSA) is 69.2 Å². The van der Waals surface area contributed by atoms with Crippen LogP contribution in [0.1, 0.15) is 16.8 Å². The molecule has 0 saturated carbocycles. The zero-order valence-corrected chi connectivity index (χ0v) is 7.10. The molecule has 5 heteroatoms. The lowest BCUT2D eigenvalue weighted by atomic mass is 10.3. The maximum atomic E-state index is 11.6. The minimum atomic E-state index is -0.365. The molecule has 0 aliphatic carbocycles. The second-order valence-electron chi connectivity index (χ2n) is 3.18. The molecule has 13 heavy (non-hydrogen) atoms. The lowest BCUT2D eigenvalue weighted by molar-refractivity contribution is 0.0765. The Balaban J connectivity index is 2.06. The van der Waals surface area contributed by atoms with Crippen LogP contribution in [-0.4, -0.2) is 45.3 Å². The van der Waals surface area contributed by atoms with Gasteiger partial charge in [0.05, 0.1) is 17.9 Å². The lowest BCUT2D eigenvalue weighted by Gasteiger charge is -2.13. The number of hydrogen-bond acceptors (Lipinski definition) is 3. The normalized spacial score (nSPS) is 22.2. The van der Waals surface area contributed by atoms with Gasteiger partial charge in [-0.2, -0.15) is 5.10 Å². The van der Waals surface area contributed by atoms with E-state index in [4.69, 9.17) is 0 Å². The van der Waals surface area contributed by atoms with Gasteiger partial charge in [0.1, 0.15) is 0 Å². The van der Waals surface area contributed by atoms with Crippen molar-refractivity contribution >= 4 is 5.91 Å². The molecule has 1 aliphatic heterocycles. The summed E-state index contributed by atoms with van der Waals surface area (Å²) in [6.07, 6.45) is 3.36. The van der Waals surface area contributed by atoms with E-state index in [0.717, 1.165) is 0 Å². The molecule has 1 aromatic rings. The Labute approximate surface area is 75.4 Å². The Hall–Kier alpha value is -1.36. The minimum absolute atomic E-state index is 0.0645. The monoisotopic (exact) mass is 181 g/mol. The van der Waals surface area contributed by atoms with Gasteiger partial charge in [0.25, 0.3) is 5.91 Å². The molecule has 0 aromatic carbocycles. The van der Waals surface area contributed by atoms with Gasteiger partial charge in [0.15, 0.2) is 0 Å². The third-order valence-corrected chi connectivity index (χ3v) is 2.20. The molecule has 1 amide bonds. The fourth-order valence-electron chi connectivity index (χ4n) is 1.48. The second-order valence-corrected chi connectivity index (χ2v) is 3.18. The van der Waals surface area contributed by atoms with Crippen molar-refractivity contribution in [1.29, 1.82) is 0 Å². The zero-order valence-electron chi connectivity index (χ0n) is 7.10. The Morgan fingerprint density at radius 3 is 3.15 bits per heavy atom. The molecule has 1 fully saturated rings. The predicted octanol–water partition coefficient (Wildman–Crippen LogP) is -0.383. The molecule has 0 spiro atoms. The average Bonchev–Trinajstić information content (AvgIpc) is 2.72. The highest BCUT2D eigenvalue weighted by Gasteiger charge is 2.25. The maximum Gasteiger partial charge on any atom is 0.257 e. The summed E-state index contributed by atoms with van der Waals surface area (Å²) in [6, 6.07) is 0. The molecule has 2 N–H and O–H groups in total. The number of hydrogen-bond donors (Lipinski definition) is 2. The largest absolute Gasteiger partial charge is 0.391 e. The van der Waals surface area contributed by atoms with Crippen molar-refractivity contribution in [2.24, 2.45) is 0 Å². The predicted molar refractivity (Wildman–Crippen MR) is 45.1 cm³/mol. The smallest absolute Gasteiger partial charge is 0.257 e. The number of β-amino-alcohol motifs (C(OH)–C–C–N with tert-alkyl or cyclic N) is 1. The molecule has 0 bridgehead atoms. The lowest BCUT2D eigenvalue weighted by Crippen LogP contribution is -2.29. The Morgan fingerprint density at radius 1 is 1.77 bits per heavy atom. The summed E-state index contributed by atoms with van der Waals surface area (Å²) < 4.78 is 0. The first-order chi connectivity index (χ1) is 6.27. The maximum absolute atomic E-state index is 11.6. The van der Waals surface area contributed by atoms with Crippen molar-refractivity contribution in [2.45, 2.75) is 12.5 Å². The van der Waals surface area contributed by atoms with Gasteiger partial charge in [-0.25, -0.2) is 0 Å². The number of aromatic nitrogens is 2. The van der Waals surface area contributed by atoms with Crippen molar-refractivity contribution in [3.05, 3.63) is 18.0 Å². The SMILES string of the molecule is O=C(c1cn[nH]c1)N1CC[C@H](O)C1. The summed E-state index contributed by atoms with van der Waals surface area (Å²) in [5, 5.41) is 15.5. The molecule has 5 nitrogen and oxygen atoms in total. The van der Waals surface area contributed by atoms with E-state index in [1.54, 1.807) is 11.1 Å². The van der Waals surface area contributed by atoms with Crippen LogP contribution < -0.4 is 0 Å². The van der Waals surface area contributed by atoms with E-state index in [2.05, 4.69) is 10.2 Å². The van der Waals surface area contributed by atoms with Gasteiger partial charge < -0.3 is 10.0 Å². The van der Waals surface area contributed by atoms with E-state index in [1.165, 1.54) is 6.20 Å². The van der Waals surface area contributed by atoms with Gasteiger partial charge in [-0.3, -0.25) is 9.89 Å². The first-order valence-electron chi connectivity index (χ1n) is 4.23. The number of likely N-dealkylation sites (tertiary alicyclic amines) is 1. The molecule has 1 atom stereocenters. The van der Waals surface area contributed by atoms with Crippen molar-refractivity contribution in [3.8, 4) is 0 Å². The van der Waals surface area contributed by atoms with E-state index >= 15 is 0 Å². The van der Waals surface area contributed by atoms with Crippen LogP contribution in [0.25, 0.3) is 0 Å². The van der Waals surface area contributed by atoms with Crippen molar-refractivity contribution in [2.75, 3.05) is 13.1 Å². The Bertz CT molecular complexity index is 296. The van der Waals surface area contributed by atoms with E-state index in [0.29, 0.717) is 25.1 Å². The second kappa shape index (κ2) is 3.18. The average molecular weight is 181 g/mol. The summed E-state index contributed by atoms with van der Waals surface area (Å²) in [4.78, 5) is 13.2. The summed E-state index contributed by atoms with van der Waals surface area (Å²) in [6.45, 7) is 1.06. The van der Waals surface area contributed by atoms with Gasteiger partial charge in [0.2, 0.25) is 0 Å². The van der Waals surface area contributed by atoms with Crippen LogP contribution >= 0.6 is 0 Å². The number of rotatable bonds is 1. The fourth-order valence-corrected chi connectivity index (χ4v) is 1.48. The summed E-state index contributed by atoms with van der Waals surface area (Å²) in [7, 11) is 0. The molecular weight excluding hydrogens is 170 g/mol. The van der Waals surface area contributed by atoms with E-state index in [-0.39, 0.29) is 12.0 Å². The number of aromatic amines is 1. The Kier molecular flexibility index (Phi) is 2.02. The number of carbonyl (C=O) groups is 1. The summed E-state index contributed by atoms with van der Waals surface area (Å²) >= 11 is 0. The molecular formula is C8H11N3O2. The highest BCUT2D eigenvalue weighted by atomic mass is 16.3. The molecule has 1 saturated heterocycles. The molecule has 2 heterocycles. The number of nitrogens with one attached hydrogen (secondary N) is 1. The van der Waals surface area contributed by atoms with E-state index in [1.807, 2.05) is 0 Å². The van der Waals surface area contributed by atoms with Crippen molar-refractivity contribution in [3.63, 3.8) is 0 Å². The molecule has 2 rings (SSSR count). The standard InChI is InChI=1S/C8H11N3O2/c12-7-1-2-11(5-7)8(13)6-3-9-10-4-6/h3-4,7,12H,1-2,5H2,(H,9,10)/t7-/m0/s1. The highest BCUT2D eigenvalue weighted by Crippen LogP contribution is 2.12. The van der Waals surface area contributed by atoms with Crippen LogP contribution in [0.2, 0.25) is 0 Å². The van der Waals surface area contributed by atoms with Gasteiger partial charge in [0, 0.05) is 19.3 Å². The summed E-state index contributed by atoms with van der Waals surface area (Å²) in [5.41, 5.74) is 0.550. The molecule has 0 radical (unpaired) electrons. The molecule has 1 aliphatic rings. The quantitative estimate of drug-likeness (QED) is 0.620. The van der Waals surface area contributed by atoms with Crippen LogP contribution in [0.4, 0.5) is 0 Å². The van der Waals surface area contributed by atoms with E-state index in [9.17, 15) is 9.90 Å². The number of amides is 1. The van der Waals surface area contributed by atoms with Crippen molar-refractivity contribution in [1.82, 2.24) is 15.1 Å². The number of aliphatic hydroxyl groups excluding tert-OH is 1. The fraction of sp³-hybridized carbons (Fsp3) is 0.500. The van der Waals surface area contributed by atoms with Crippen LogP contribution in [-0.2, 0) is 0 Å².